The van der Waals surface area contributed by atoms with Crippen LogP contribution >= 0.6 is 11.6 Å². The lowest BCUT2D eigenvalue weighted by Gasteiger charge is -2.10. The number of aromatic nitrogens is 2. The Bertz CT molecular complexity index is 515. The van der Waals surface area contributed by atoms with Crippen molar-refractivity contribution >= 4 is 11.6 Å². The Morgan fingerprint density at radius 3 is 2.59 bits per heavy atom. The molecule has 0 spiro atoms. The SMILES string of the molecule is Cc1ccnn1Cc1ccc(C(C)C)c(Cl)c1. The number of hydrogen-bond donors (Lipinski definition) is 0. The Morgan fingerprint density at radius 2 is 2.06 bits per heavy atom. The molecule has 0 amide bonds. The highest BCUT2D eigenvalue weighted by Gasteiger charge is 2.06. The maximum Gasteiger partial charge on any atom is 0.0662 e. The van der Waals surface area contributed by atoms with Crippen LogP contribution in [0.3, 0.4) is 0 Å². The zero-order valence-corrected chi connectivity index (χ0v) is 11.2. The summed E-state index contributed by atoms with van der Waals surface area (Å²) >= 11 is 6.27. The van der Waals surface area contributed by atoms with Gasteiger partial charge in [-0.25, -0.2) is 0 Å². The van der Waals surface area contributed by atoms with Gasteiger partial charge in [0.05, 0.1) is 6.54 Å². The van der Waals surface area contributed by atoms with Crippen LogP contribution in [0.25, 0.3) is 0 Å². The van der Waals surface area contributed by atoms with Crippen molar-refractivity contribution in [2.24, 2.45) is 0 Å². The lowest BCUT2D eigenvalue weighted by atomic mass is 10.0. The van der Waals surface area contributed by atoms with Gasteiger partial charge in [-0.1, -0.05) is 37.6 Å². The summed E-state index contributed by atoms with van der Waals surface area (Å²) in [6.07, 6.45) is 1.82. The fourth-order valence-corrected chi connectivity index (χ4v) is 2.30. The summed E-state index contributed by atoms with van der Waals surface area (Å²) in [6.45, 7) is 7.13. The molecule has 1 aromatic carbocycles. The van der Waals surface area contributed by atoms with Gasteiger partial charge >= 0.3 is 0 Å². The lowest BCUT2D eigenvalue weighted by Crippen LogP contribution is -2.03. The first-order valence-electron chi connectivity index (χ1n) is 5.84. The van der Waals surface area contributed by atoms with Crippen LogP contribution < -0.4 is 0 Å². The van der Waals surface area contributed by atoms with E-state index in [2.05, 4.69) is 38.0 Å². The Balaban J connectivity index is 2.24. The molecule has 0 fully saturated rings. The smallest absolute Gasteiger partial charge is 0.0662 e. The van der Waals surface area contributed by atoms with E-state index >= 15 is 0 Å². The van der Waals surface area contributed by atoms with Gasteiger partial charge in [0.15, 0.2) is 0 Å². The summed E-state index contributed by atoms with van der Waals surface area (Å²) in [5.74, 6) is 0.461. The van der Waals surface area contributed by atoms with Gasteiger partial charge in [0.2, 0.25) is 0 Å². The van der Waals surface area contributed by atoms with E-state index in [1.54, 1.807) is 0 Å². The molecule has 0 bridgehead atoms. The molecule has 0 unspecified atom stereocenters. The van der Waals surface area contributed by atoms with E-state index in [9.17, 15) is 0 Å². The number of rotatable bonds is 3. The lowest BCUT2D eigenvalue weighted by molar-refractivity contribution is 0.664. The quantitative estimate of drug-likeness (QED) is 0.802. The molecule has 17 heavy (non-hydrogen) atoms. The van der Waals surface area contributed by atoms with E-state index < -0.39 is 0 Å². The molecule has 3 heteroatoms. The van der Waals surface area contributed by atoms with E-state index in [0.717, 1.165) is 17.3 Å². The second kappa shape index (κ2) is 4.92. The zero-order chi connectivity index (χ0) is 12.4. The van der Waals surface area contributed by atoms with Crippen molar-refractivity contribution in [2.45, 2.75) is 33.2 Å². The molecule has 0 atom stereocenters. The summed E-state index contributed by atoms with van der Waals surface area (Å²) in [7, 11) is 0. The second-order valence-corrected chi connectivity index (χ2v) is 5.05. The molecule has 1 aromatic heterocycles. The molecule has 0 radical (unpaired) electrons. The van der Waals surface area contributed by atoms with Crippen molar-refractivity contribution < 1.29 is 0 Å². The van der Waals surface area contributed by atoms with Crippen LogP contribution in [0.4, 0.5) is 0 Å². The third-order valence-corrected chi connectivity index (χ3v) is 3.28. The van der Waals surface area contributed by atoms with Gasteiger partial charge in [-0.2, -0.15) is 5.10 Å². The number of nitrogens with zero attached hydrogens (tertiary/aromatic N) is 2. The average molecular weight is 249 g/mol. The van der Waals surface area contributed by atoms with Crippen molar-refractivity contribution in [3.05, 3.63) is 52.3 Å². The van der Waals surface area contributed by atoms with Crippen LogP contribution in [-0.4, -0.2) is 9.78 Å². The molecule has 0 aliphatic carbocycles. The normalized spacial score (nSPS) is 11.1. The van der Waals surface area contributed by atoms with E-state index in [1.165, 1.54) is 11.1 Å². The molecule has 2 aromatic rings. The molecule has 0 saturated carbocycles. The molecule has 1 heterocycles. The minimum absolute atomic E-state index is 0.461. The predicted molar refractivity (Wildman–Crippen MR) is 71.6 cm³/mol. The summed E-state index contributed by atoms with van der Waals surface area (Å²) in [5.41, 5.74) is 3.55. The van der Waals surface area contributed by atoms with E-state index in [0.29, 0.717) is 5.92 Å². The van der Waals surface area contributed by atoms with Gasteiger partial charge in [0, 0.05) is 16.9 Å². The average Bonchev–Trinajstić information content (AvgIpc) is 2.64. The summed E-state index contributed by atoms with van der Waals surface area (Å²) in [4.78, 5) is 0. The van der Waals surface area contributed by atoms with Crippen molar-refractivity contribution in [1.29, 1.82) is 0 Å². The molecule has 0 N–H and O–H groups in total. The van der Waals surface area contributed by atoms with Gasteiger partial charge in [0.25, 0.3) is 0 Å². The van der Waals surface area contributed by atoms with E-state index in [-0.39, 0.29) is 0 Å². The van der Waals surface area contributed by atoms with E-state index in [1.807, 2.05) is 23.0 Å². The van der Waals surface area contributed by atoms with Crippen LogP contribution in [0.15, 0.2) is 30.5 Å². The highest BCUT2D eigenvalue weighted by Crippen LogP contribution is 2.25. The van der Waals surface area contributed by atoms with Crippen LogP contribution in [-0.2, 0) is 6.54 Å². The maximum atomic E-state index is 6.27. The standard InChI is InChI=1S/C14H17ClN2/c1-10(2)13-5-4-12(8-14(13)15)9-17-11(3)6-7-16-17/h4-8,10H,9H2,1-3H3. The van der Waals surface area contributed by atoms with Crippen LogP contribution in [0, 0.1) is 6.92 Å². The molecule has 2 nitrogen and oxygen atoms in total. The van der Waals surface area contributed by atoms with Crippen LogP contribution in [0.1, 0.15) is 36.6 Å². The molecule has 2 rings (SSSR count). The number of aryl methyl sites for hydroxylation is 1. The third kappa shape index (κ3) is 2.70. The zero-order valence-electron chi connectivity index (χ0n) is 10.4. The first-order valence-corrected chi connectivity index (χ1v) is 6.22. The van der Waals surface area contributed by atoms with Gasteiger partial charge in [-0.15, -0.1) is 0 Å². The Labute approximate surface area is 107 Å². The largest absolute Gasteiger partial charge is 0.265 e. The van der Waals surface area contributed by atoms with Crippen molar-refractivity contribution in [1.82, 2.24) is 9.78 Å². The molecule has 90 valence electrons. The summed E-state index contributed by atoms with van der Waals surface area (Å²) in [5, 5.41) is 5.12. The van der Waals surface area contributed by atoms with Crippen molar-refractivity contribution in [3.8, 4) is 0 Å². The van der Waals surface area contributed by atoms with Gasteiger partial charge < -0.3 is 0 Å². The fraction of sp³-hybridized carbons (Fsp3) is 0.357. The highest BCUT2D eigenvalue weighted by molar-refractivity contribution is 6.31. The number of hydrogen-bond acceptors (Lipinski definition) is 1. The molecule has 0 aliphatic rings. The Hall–Kier alpha value is -1.28. The van der Waals surface area contributed by atoms with E-state index in [4.69, 9.17) is 11.6 Å². The Kier molecular flexibility index (Phi) is 3.53. The van der Waals surface area contributed by atoms with Crippen molar-refractivity contribution in [3.63, 3.8) is 0 Å². The Morgan fingerprint density at radius 1 is 1.29 bits per heavy atom. The maximum absolute atomic E-state index is 6.27. The first kappa shape index (κ1) is 12.2. The summed E-state index contributed by atoms with van der Waals surface area (Å²) < 4.78 is 1.97. The van der Waals surface area contributed by atoms with Crippen LogP contribution in [0.2, 0.25) is 5.02 Å². The number of halogens is 1. The van der Waals surface area contributed by atoms with Crippen molar-refractivity contribution in [2.75, 3.05) is 0 Å². The second-order valence-electron chi connectivity index (χ2n) is 4.64. The first-order chi connectivity index (χ1) is 8.08. The molecule has 0 saturated heterocycles. The fourth-order valence-electron chi connectivity index (χ4n) is 1.87. The van der Waals surface area contributed by atoms with Gasteiger partial charge in [0.1, 0.15) is 0 Å². The topological polar surface area (TPSA) is 17.8 Å². The molecular formula is C14H17ClN2. The third-order valence-electron chi connectivity index (χ3n) is 2.95. The van der Waals surface area contributed by atoms with Crippen LogP contribution in [0.5, 0.6) is 0 Å². The monoisotopic (exact) mass is 248 g/mol. The minimum atomic E-state index is 0.461. The number of benzene rings is 1. The summed E-state index contributed by atoms with van der Waals surface area (Å²) in [6, 6.07) is 8.28. The van der Waals surface area contributed by atoms with Gasteiger partial charge in [-0.05, 0) is 36.1 Å². The predicted octanol–water partition coefficient (Wildman–Crippen LogP) is 4.02. The highest BCUT2D eigenvalue weighted by atomic mass is 35.5. The van der Waals surface area contributed by atoms with Gasteiger partial charge in [-0.3, -0.25) is 4.68 Å². The molecule has 0 aliphatic heterocycles. The minimum Gasteiger partial charge on any atom is -0.265 e. The molecular weight excluding hydrogens is 232 g/mol.